The van der Waals surface area contributed by atoms with Crippen LogP contribution in [-0.2, 0) is 22.4 Å². The lowest BCUT2D eigenvalue weighted by Crippen LogP contribution is -2.40. The van der Waals surface area contributed by atoms with Crippen LogP contribution in [0.1, 0.15) is 31.4 Å². The molecular formula is C16H22N2O2. The number of rotatable bonds is 2. The molecule has 1 aliphatic carbocycles. The van der Waals surface area contributed by atoms with Crippen LogP contribution in [0.5, 0.6) is 0 Å². The molecule has 0 aromatic heterocycles. The van der Waals surface area contributed by atoms with Crippen molar-refractivity contribution in [1.82, 2.24) is 4.90 Å². The summed E-state index contributed by atoms with van der Waals surface area (Å²) < 4.78 is 0. The van der Waals surface area contributed by atoms with Gasteiger partial charge in [0, 0.05) is 39.7 Å². The van der Waals surface area contributed by atoms with Crippen molar-refractivity contribution in [3.63, 3.8) is 0 Å². The summed E-state index contributed by atoms with van der Waals surface area (Å²) in [7, 11) is 3.66. The molecule has 0 saturated heterocycles. The number of nitrogens with zero attached hydrogens (tertiary/aromatic N) is 2. The third kappa shape index (κ3) is 2.69. The van der Waals surface area contributed by atoms with Gasteiger partial charge in [-0.05, 0) is 36.5 Å². The minimum Gasteiger partial charge on any atom is -0.343 e. The molecule has 1 atom stereocenters. The smallest absolute Gasteiger partial charge is 0.223 e. The summed E-state index contributed by atoms with van der Waals surface area (Å²) in [5, 5.41) is 0. The molecule has 1 aromatic carbocycles. The van der Waals surface area contributed by atoms with Crippen LogP contribution in [0.4, 0.5) is 5.69 Å². The fraction of sp³-hybridized carbons (Fsp3) is 0.500. The number of anilines is 1. The zero-order chi connectivity index (χ0) is 14.9. The van der Waals surface area contributed by atoms with Crippen LogP contribution in [0.25, 0.3) is 0 Å². The molecular weight excluding hydrogens is 252 g/mol. The molecule has 0 spiro atoms. The molecule has 1 unspecified atom stereocenters. The van der Waals surface area contributed by atoms with E-state index in [4.69, 9.17) is 0 Å². The quantitative estimate of drug-likeness (QED) is 0.827. The van der Waals surface area contributed by atoms with Crippen LogP contribution in [-0.4, -0.2) is 36.9 Å². The van der Waals surface area contributed by atoms with E-state index < -0.39 is 0 Å². The SMILES string of the molecule is CC(=O)N(C)c1cccc2c1CC(N(C)C(C)=O)CC2. The van der Waals surface area contributed by atoms with E-state index in [1.54, 1.807) is 25.8 Å². The van der Waals surface area contributed by atoms with Gasteiger partial charge >= 0.3 is 0 Å². The maximum absolute atomic E-state index is 11.6. The molecule has 1 aliphatic rings. The monoisotopic (exact) mass is 274 g/mol. The van der Waals surface area contributed by atoms with Crippen molar-refractivity contribution in [1.29, 1.82) is 0 Å². The second kappa shape index (κ2) is 5.65. The Morgan fingerprint density at radius 3 is 2.45 bits per heavy atom. The Morgan fingerprint density at radius 1 is 1.15 bits per heavy atom. The van der Waals surface area contributed by atoms with E-state index in [1.807, 2.05) is 24.1 Å². The molecule has 0 heterocycles. The van der Waals surface area contributed by atoms with E-state index in [2.05, 4.69) is 6.07 Å². The largest absolute Gasteiger partial charge is 0.343 e. The molecule has 0 aliphatic heterocycles. The highest BCUT2D eigenvalue weighted by Crippen LogP contribution is 2.31. The van der Waals surface area contributed by atoms with Crippen molar-refractivity contribution in [2.45, 2.75) is 39.2 Å². The van der Waals surface area contributed by atoms with Gasteiger partial charge in [0.2, 0.25) is 11.8 Å². The first kappa shape index (κ1) is 14.6. The van der Waals surface area contributed by atoms with Gasteiger partial charge in [0.1, 0.15) is 0 Å². The summed E-state index contributed by atoms with van der Waals surface area (Å²) >= 11 is 0. The number of carbonyl (C=O) groups excluding carboxylic acids is 2. The summed E-state index contributed by atoms with van der Waals surface area (Å²) in [6.07, 6.45) is 2.76. The molecule has 0 radical (unpaired) electrons. The van der Waals surface area contributed by atoms with Gasteiger partial charge in [-0.2, -0.15) is 0 Å². The van der Waals surface area contributed by atoms with E-state index in [0.717, 1.165) is 24.9 Å². The average molecular weight is 274 g/mol. The van der Waals surface area contributed by atoms with Crippen LogP contribution in [0.15, 0.2) is 18.2 Å². The van der Waals surface area contributed by atoms with Gasteiger partial charge in [0.25, 0.3) is 0 Å². The third-order valence-electron chi connectivity index (χ3n) is 4.31. The van der Waals surface area contributed by atoms with Gasteiger partial charge in [-0.3, -0.25) is 9.59 Å². The Bertz CT molecular complexity index is 539. The number of hydrogen-bond acceptors (Lipinski definition) is 2. The maximum atomic E-state index is 11.6. The molecule has 4 heteroatoms. The molecule has 4 nitrogen and oxygen atoms in total. The highest BCUT2D eigenvalue weighted by molar-refractivity contribution is 5.92. The van der Waals surface area contributed by atoms with Gasteiger partial charge in [-0.1, -0.05) is 12.1 Å². The molecule has 108 valence electrons. The average Bonchev–Trinajstić information content (AvgIpc) is 2.44. The molecule has 20 heavy (non-hydrogen) atoms. The van der Waals surface area contributed by atoms with Crippen LogP contribution >= 0.6 is 0 Å². The topological polar surface area (TPSA) is 40.6 Å². The fourth-order valence-corrected chi connectivity index (χ4v) is 2.82. The fourth-order valence-electron chi connectivity index (χ4n) is 2.82. The first-order chi connectivity index (χ1) is 9.41. The lowest BCUT2D eigenvalue weighted by Gasteiger charge is -2.34. The van der Waals surface area contributed by atoms with E-state index in [0.29, 0.717) is 0 Å². The van der Waals surface area contributed by atoms with Crippen molar-refractivity contribution >= 4 is 17.5 Å². The van der Waals surface area contributed by atoms with Crippen molar-refractivity contribution in [2.75, 3.05) is 19.0 Å². The summed E-state index contributed by atoms with van der Waals surface area (Å²) in [6, 6.07) is 6.33. The number of fused-ring (bicyclic) bond motifs is 1. The van der Waals surface area contributed by atoms with E-state index in [1.165, 1.54) is 11.1 Å². The Kier molecular flexibility index (Phi) is 4.12. The van der Waals surface area contributed by atoms with Gasteiger partial charge in [-0.15, -0.1) is 0 Å². The molecule has 0 fully saturated rings. The number of likely N-dealkylation sites (N-methyl/N-ethyl adjacent to an activating group) is 1. The van der Waals surface area contributed by atoms with Gasteiger partial charge in [-0.25, -0.2) is 0 Å². The number of carbonyl (C=O) groups is 2. The van der Waals surface area contributed by atoms with Gasteiger partial charge in [0.15, 0.2) is 0 Å². The second-order valence-corrected chi connectivity index (χ2v) is 5.52. The Labute approximate surface area is 120 Å². The minimum absolute atomic E-state index is 0.0282. The van der Waals surface area contributed by atoms with Gasteiger partial charge in [0.05, 0.1) is 0 Å². The van der Waals surface area contributed by atoms with Crippen LogP contribution in [0, 0.1) is 0 Å². The van der Waals surface area contributed by atoms with Gasteiger partial charge < -0.3 is 9.80 Å². The standard InChI is InChI=1S/C16H22N2O2/c1-11(19)17(3)14-9-8-13-6-5-7-16(15(13)10-14)18(4)12(2)20/h5-7,14H,8-10H2,1-4H3. The Hall–Kier alpha value is -1.84. The molecule has 2 rings (SSSR count). The second-order valence-electron chi connectivity index (χ2n) is 5.52. The first-order valence-corrected chi connectivity index (χ1v) is 7.00. The molecule has 0 bridgehead atoms. The van der Waals surface area contributed by atoms with E-state index in [9.17, 15) is 9.59 Å². The van der Waals surface area contributed by atoms with Crippen molar-refractivity contribution in [3.8, 4) is 0 Å². The van der Waals surface area contributed by atoms with Crippen molar-refractivity contribution in [2.24, 2.45) is 0 Å². The highest BCUT2D eigenvalue weighted by Gasteiger charge is 2.26. The molecule has 0 N–H and O–H groups in total. The normalized spacial score (nSPS) is 17.3. The molecule has 1 aromatic rings. The third-order valence-corrected chi connectivity index (χ3v) is 4.31. The summed E-state index contributed by atoms with van der Waals surface area (Å²) in [5.41, 5.74) is 3.47. The predicted molar refractivity (Wildman–Crippen MR) is 79.8 cm³/mol. The zero-order valence-corrected chi connectivity index (χ0v) is 12.6. The zero-order valence-electron chi connectivity index (χ0n) is 12.6. The lowest BCUT2D eigenvalue weighted by atomic mass is 9.86. The predicted octanol–water partition coefficient (Wildman–Crippen LogP) is 2.00. The molecule has 0 saturated carbocycles. The van der Waals surface area contributed by atoms with E-state index >= 15 is 0 Å². The number of hydrogen-bond donors (Lipinski definition) is 0. The van der Waals surface area contributed by atoms with Crippen molar-refractivity contribution < 1.29 is 9.59 Å². The van der Waals surface area contributed by atoms with Crippen LogP contribution in [0.2, 0.25) is 0 Å². The number of amides is 2. The summed E-state index contributed by atoms with van der Waals surface area (Å²) in [6.45, 7) is 3.17. The minimum atomic E-state index is 0.0282. The summed E-state index contributed by atoms with van der Waals surface area (Å²) in [5.74, 6) is 0.122. The van der Waals surface area contributed by atoms with Crippen LogP contribution in [0.3, 0.4) is 0 Å². The number of benzene rings is 1. The lowest BCUT2D eigenvalue weighted by molar-refractivity contribution is -0.129. The first-order valence-electron chi connectivity index (χ1n) is 7.00. The number of aryl methyl sites for hydroxylation is 1. The Morgan fingerprint density at radius 2 is 1.85 bits per heavy atom. The summed E-state index contributed by atoms with van der Waals surface area (Å²) in [4.78, 5) is 26.7. The van der Waals surface area contributed by atoms with E-state index in [-0.39, 0.29) is 17.9 Å². The molecule has 2 amide bonds. The highest BCUT2D eigenvalue weighted by atomic mass is 16.2. The maximum Gasteiger partial charge on any atom is 0.223 e. The van der Waals surface area contributed by atoms with Crippen molar-refractivity contribution in [3.05, 3.63) is 29.3 Å². The Balaban J connectivity index is 2.34. The van der Waals surface area contributed by atoms with Crippen LogP contribution < -0.4 is 4.90 Å².